The second-order valence-electron chi connectivity index (χ2n) is 20.9. The maximum absolute atomic E-state index is 14.9. The number of ether oxygens (including phenoxy) is 1. The Balaban J connectivity index is 1.21. The van der Waals surface area contributed by atoms with E-state index in [1.54, 1.807) is 6.08 Å². The van der Waals surface area contributed by atoms with E-state index >= 15 is 0 Å². The highest BCUT2D eigenvalue weighted by Crippen LogP contribution is 2.79. The van der Waals surface area contributed by atoms with Crippen molar-refractivity contribution in [2.24, 2.45) is 51.2 Å². The maximum Gasteiger partial charge on any atom is 0.160 e. The van der Waals surface area contributed by atoms with Crippen LogP contribution in [0.15, 0.2) is 41.5 Å². The summed E-state index contributed by atoms with van der Waals surface area (Å²) in [4.78, 5) is 14.9. The van der Waals surface area contributed by atoms with E-state index in [0.29, 0.717) is 30.5 Å². The zero-order valence-corrected chi connectivity index (χ0v) is 34.2. The van der Waals surface area contributed by atoms with Crippen molar-refractivity contribution in [3.05, 3.63) is 47.1 Å². The van der Waals surface area contributed by atoms with E-state index in [9.17, 15) is 45.6 Å². The van der Waals surface area contributed by atoms with Crippen LogP contribution in [0.1, 0.15) is 110 Å². The number of likely N-dealkylation sites (N-methyl/N-ethyl adjacent to an activating group) is 1. The smallest absolute Gasteiger partial charge is 0.160 e. The number of carbonyl (C=O) groups excluding carboxylic acids is 1. The van der Waals surface area contributed by atoms with Gasteiger partial charge in [0.05, 0.1) is 30.0 Å². The highest BCUT2D eigenvalue weighted by molar-refractivity contribution is 5.96. The first-order valence-electron chi connectivity index (χ1n) is 21.8. The number of fused-ring (bicyclic) bond motifs is 10. The Hall–Kier alpha value is -2.35. The van der Waals surface area contributed by atoms with Crippen LogP contribution in [0, 0.1) is 51.2 Å². The van der Waals surface area contributed by atoms with Gasteiger partial charge in [-0.3, -0.25) is 4.79 Å². The number of hydrogen-bond acceptors (Lipinski definition) is 11. The van der Waals surface area contributed by atoms with Crippen molar-refractivity contribution in [3.8, 4) is 11.5 Å². The molecule has 314 valence electrons. The zero-order chi connectivity index (χ0) is 40.9. The van der Waals surface area contributed by atoms with Crippen LogP contribution in [0.5, 0.6) is 11.5 Å². The lowest BCUT2D eigenvalue weighted by molar-refractivity contribution is -0.252. The number of benzene rings is 1. The van der Waals surface area contributed by atoms with E-state index in [0.717, 1.165) is 44.2 Å². The molecule has 16 atom stereocenters. The van der Waals surface area contributed by atoms with Crippen molar-refractivity contribution >= 4 is 5.78 Å². The Morgan fingerprint density at radius 2 is 1.65 bits per heavy atom. The number of aromatic hydroxyl groups is 2. The van der Waals surface area contributed by atoms with Crippen molar-refractivity contribution in [2.45, 2.75) is 146 Å². The highest BCUT2D eigenvalue weighted by atomic mass is 16.6. The number of aliphatic hydroxyl groups excluding tert-OH is 4. The zero-order valence-electron chi connectivity index (χ0n) is 34.2. The second kappa shape index (κ2) is 12.8. The van der Waals surface area contributed by atoms with Gasteiger partial charge in [0.2, 0.25) is 0 Å². The van der Waals surface area contributed by atoms with Gasteiger partial charge in [0.1, 0.15) is 22.7 Å². The first-order valence-corrected chi connectivity index (χ1v) is 21.8. The number of hydrogen-bond donors (Lipinski definition) is 9. The number of nitrogens with one attached hydrogen (secondary N) is 1. The summed E-state index contributed by atoms with van der Waals surface area (Å²) >= 11 is 0. The molecule has 1 heterocycles. The van der Waals surface area contributed by atoms with Gasteiger partial charge in [-0.05, 0) is 102 Å². The number of ketones is 1. The fourth-order valence-electron chi connectivity index (χ4n) is 16.2. The Morgan fingerprint density at radius 1 is 0.965 bits per heavy atom. The fourth-order valence-corrected chi connectivity index (χ4v) is 16.2. The van der Waals surface area contributed by atoms with Crippen LogP contribution in [-0.4, -0.2) is 108 Å². The molecule has 1 aromatic rings. The van der Waals surface area contributed by atoms with Gasteiger partial charge in [-0.25, -0.2) is 0 Å². The van der Waals surface area contributed by atoms with Crippen LogP contribution < -0.4 is 5.32 Å². The van der Waals surface area contributed by atoms with E-state index in [-0.39, 0.29) is 66.3 Å². The van der Waals surface area contributed by atoms with Crippen molar-refractivity contribution in [2.75, 3.05) is 19.7 Å². The van der Waals surface area contributed by atoms with Crippen molar-refractivity contribution in [1.29, 1.82) is 0 Å². The predicted octanol–water partition coefficient (Wildman–Crippen LogP) is 3.99. The average molecular weight is 792 g/mol. The third-order valence-electron chi connectivity index (χ3n) is 18.3. The van der Waals surface area contributed by atoms with E-state index in [1.807, 2.05) is 13.8 Å². The molecule has 6 fully saturated rings. The summed E-state index contributed by atoms with van der Waals surface area (Å²) in [5, 5.41) is 99.0. The summed E-state index contributed by atoms with van der Waals surface area (Å²) in [5.74, 6) is -4.08. The SMILES string of the molecule is CCNCC1=C[C@@]2(C)CC[C@@H]1[C@]1(O[C@H]3C[C@@]4(O)C5=CC(=O)[C@@H]6[C@H](c7cc(O)cc(O)c7)[C@@H](O)[C@@H](O)C[C@]6(C)[C@H]5C5(CCCC5)C[C@]4(C)[C@H]3[C@]1(O)CCO)[C@@H](O)[C@H]2C. The largest absolute Gasteiger partial charge is 0.508 e. The molecule has 2 spiro atoms. The molecule has 1 saturated heterocycles. The van der Waals surface area contributed by atoms with Crippen LogP contribution in [0.3, 0.4) is 0 Å². The Labute approximate surface area is 336 Å². The molecule has 1 aliphatic heterocycles. The third kappa shape index (κ3) is 4.91. The lowest BCUT2D eigenvalue weighted by Gasteiger charge is -2.68. The minimum atomic E-state index is -1.74. The van der Waals surface area contributed by atoms with Gasteiger partial charge < -0.3 is 50.9 Å². The molecule has 0 radical (unpaired) electrons. The van der Waals surface area contributed by atoms with Crippen LogP contribution in [0.4, 0.5) is 0 Å². The number of allylic oxidation sites excluding steroid dienone is 2. The molecule has 0 amide bonds. The Kier molecular flexibility index (Phi) is 9.02. The normalized spacial score (nSPS) is 50.6. The van der Waals surface area contributed by atoms with Gasteiger partial charge in [0.15, 0.2) is 5.78 Å². The first-order chi connectivity index (χ1) is 26.8. The molecule has 5 saturated carbocycles. The van der Waals surface area contributed by atoms with E-state index in [2.05, 4.69) is 32.2 Å². The van der Waals surface area contributed by atoms with Crippen molar-refractivity contribution < 1.29 is 50.4 Å². The van der Waals surface area contributed by atoms with E-state index < -0.39 is 75.2 Å². The number of carbonyl (C=O) groups is 1. The van der Waals surface area contributed by atoms with Crippen LogP contribution in [0.25, 0.3) is 0 Å². The summed E-state index contributed by atoms with van der Waals surface area (Å²) < 4.78 is 7.40. The van der Waals surface area contributed by atoms with E-state index in [4.69, 9.17) is 4.74 Å². The van der Waals surface area contributed by atoms with Gasteiger partial charge in [0, 0.05) is 61.1 Å². The lowest BCUT2D eigenvalue weighted by Crippen LogP contribution is -2.71. The molecule has 8 aliphatic carbocycles. The summed E-state index contributed by atoms with van der Waals surface area (Å²) in [6, 6.07) is 4.08. The van der Waals surface area contributed by atoms with Crippen LogP contribution >= 0.6 is 0 Å². The standard InChI is InChI=1S/C46H65NO10/c1-6-47-22-26-19-40(3)12-9-29(26)46(39(54)24(40)2)44(55,13-14-48)38-33(57-46)21-45(56)30-18-31(51)35-34(25-15-27(49)17-28(50)16-25)36(53)32(52)20-41(35,4)37(30)43(10-7-8-11-43)23-42(38,45)5/h15-19,24,29,32-39,47-50,52-56H,6-14,20-23H2,1-5H3/t24-,29+,32+,33+,34+,35-,36+,37+,38+,39+,40-,41+,42-,44-,45-,46+/m1/s1. The minimum absolute atomic E-state index is 0.0396. The molecule has 1 aromatic carbocycles. The summed E-state index contributed by atoms with van der Waals surface area (Å²) in [7, 11) is 0. The monoisotopic (exact) mass is 791 g/mol. The summed E-state index contributed by atoms with van der Waals surface area (Å²) in [6.45, 7) is 11.4. The molecule has 2 bridgehead atoms. The molecular weight excluding hydrogens is 727 g/mol. The Morgan fingerprint density at radius 3 is 2.30 bits per heavy atom. The van der Waals surface area contributed by atoms with Gasteiger partial charge in [-0.2, -0.15) is 0 Å². The fraction of sp³-hybridized carbons (Fsp3) is 0.761. The minimum Gasteiger partial charge on any atom is -0.508 e. The quantitative estimate of drug-likeness (QED) is 0.189. The molecular formula is C46H65NO10. The number of phenolic OH excluding ortho intramolecular Hbond substituents is 2. The maximum atomic E-state index is 14.9. The van der Waals surface area contributed by atoms with Gasteiger partial charge in [0.25, 0.3) is 0 Å². The Bertz CT molecular complexity index is 1870. The van der Waals surface area contributed by atoms with Crippen LogP contribution in [0.2, 0.25) is 0 Å². The predicted molar refractivity (Wildman–Crippen MR) is 211 cm³/mol. The van der Waals surface area contributed by atoms with Gasteiger partial charge in [-0.15, -0.1) is 0 Å². The highest BCUT2D eigenvalue weighted by Gasteiger charge is 2.84. The molecule has 0 unspecified atom stereocenters. The summed E-state index contributed by atoms with van der Waals surface area (Å²) in [6.07, 6.45) is 5.34. The molecule has 11 nitrogen and oxygen atoms in total. The van der Waals surface area contributed by atoms with Gasteiger partial charge in [-0.1, -0.05) is 59.1 Å². The van der Waals surface area contributed by atoms with Crippen LogP contribution in [-0.2, 0) is 9.53 Å². The molecule has 11 heteroatoms. The topological polar surface area (TPSA) is 200 Å². The number of rotatable bonds is 6. The molecule has 0 aromatic heterocycles. The molecule has 9 aliphatic rings. The van der Waals surface area contributed by atoms with Crippen molar-refractivity contribution in [1.82, 2.24) is 5.32 Å². The van der Waals surface area contributed by atoms with E-state index in [1.165, 1.54) is 18.2 Å². The average Bonchev–Trinajstić information content (AvgIpc) is 3.73. The third-order valence-corrected chi connectivity index (χ3v) is 18.3. The molecule has 57 heavy (non-hydrogen) atoms. The number of aliphatic hydroxyl groups is 6. The first kappa shape index (κ1) is 40.1. The molecule has 10 rings (SSSR count). The molecule has 9 N–H and O–H groups in total. The summed E-state index contributed by atoms with van der Waals surface area (Å²) in [5.41, 5.74) is -5.45. The van der Waals surface area contributed by atoms with Crippen molar-refractivity contribution in [3.63, 3.8) is 0 Å². The van der Waals surface area contributed by atoms with Gasteiger partial charge >= 0.3 is 0 Å². The lowest BCUT2D eigenvalue weighted by atomic mass is 9.37. The second-order valence-corrected chi connectivity index (χ2v) is 20.9. The number of phenols is 2.